The number of aryl methyl sites for hydroxylation is 1. The van der Waals surface area contributed by atoms with Crippen LogP contribution in [0.1, 0.15) is 21.1 Å². The number of carbonyl (C=O) groups is 1. The second-order valence-corrected chi connectivity index (χ2v) is 5.96. The van der Waals surface area contributed by atoms with E-state index in [1.165, 1.54) is 0 Å². The van der Waals surface area contributed by atoms with Crippen molar-refractivity contribution in [1.29, 1.82) is 0 Å². The quantitative estimate of drug-likeness (QED) is 0.804. The van der Waals surface area contributed by atoms with E-state index in [1.54, 1.807) is 11.3 Å². The number of anilines is 1. The molecule has 1 aromatic carbocycles. The van der Waals surface area contributed by atoms with Crippen molar-refractivity contribution in [1.82, 2.24) is 4.98 Å². The Labute approximate surface area is 119 Å². The summed E-state index contributed by atoms with van der Waals surface area (Å²) in [4.78, 5) is 17.2. The summed E-state index contributed by atoms with van der Waals surface area (Å²) in [7, 11) is 2.01. The fourth-order valence-electron chi connectivity index (χ4n) is 1.72. The number of aromatic nitrogens is 1. The molecule has 0 saturated heterocycles. The molecule has 0 fully saturated rings. The normalized spacial score (nSPS) is 10.4. The van der Waals surface area contributed by atoms with Crippen LogP contribution in [-0.4, -0.2) is 18.3 Å². The van der Waals surface area contributed by atoms with Gasteiger partial charge in [-0.15, -0.1) is 11.3 Å². The second kappa shape index (κ2) is 5.63. The number of nitrogens with zero attached hydrogens (tertiary/aromatic N) is 2. The average molecular weight is 325 g/mol. The molecule has 0 aliphatic carbocycles. The second-order valence-electron chi connectivity index (χ2n) is 4.04. The molecule has 0 N–H and O–H groups in total. The number of halogens is 1. The number of thiazole rings is 1. The largest absolute Gasteiger partial charge is 0.368 e. The lowest BCUT2D eigenvalue weighted by Gasteiger charge is -2.19. The molecule has 0 spiro atoms. The number of aldehydes is 1. The summed E-state index contributed by atoms with van der Waals surface area (Å²) >= 11 is 5.14. The zero-order valence-electron chi connectivity index (χ0n) is 10.2. The third-order valence-corrected chi connectivity index (χ3v) is 4.04. The van der Waals surface area contributed by atoms with Gasteiger partial charge in [0, 0.05) is 22.5 Å². The zero-order valence-corrected chi connectivity index (χ0v) is 12.6. The zero-order chi connectivity index (χ0) is 13.1. The third-order valence-electron chi connectivity index (χ3n) is 2.58. The van der Waals surface area contributed by atoms with Gasteiger partial charge in [0.25, 0.3) is 0 Å². The first kappa shape index (κ1) is 13.2. The Balaban J connectivity index is 2.18. The fraction of sp³-hybridized carbons (Fsp3) is 0.231. The first-order valence-corrected chi connectivity index (χ1v) is 7.14. The van der Waals surface area contributed by atoms with Gasteiger partial charge in [-0.3, -0.25) is 4.79 Å². The van der Waals surface area contributed by atoms with E-state index >= 15 is 0 Å². The van der Waals surface area contributed by atoms with Crippen LogP contribution in [0.2, 0.25) is 0 Å². The van der Waals surface area contributed by atoms with Crippen LogP contribution in [0.4, 0.5) is 5.69 Å². The van der Waals surface area contributed by atoms with E-state index in [2.05, 4.69) is 31.2 Å². The van der Waals surface area contributed by atoms with Crippen LogP contribution in [0.5, 0.6) is 0 Å². The minimum atomic E-state index is 0.670. The lowest BCUT2D eigenvalue weighted by Crippen LogP contribution is -2.17. The predicted octanol–water partition coefficient (Wildman–Crippen LogP) is 3.66. The van der Waals surface area contributed by atoms with Gasteiger partial charge < -0.3 is 4.90 Å². The Kier molecular flexibility index (Phi) is 4.14. The number of carbonyl (C=O) groups excluding carboxylic acids is 1. The molecular formula is C13H13BrN2OS. The van der Waals surface area contributed by atoms with Crippen LogP contribution in [0.15, 0.2) is 28.1 Å². The van der Waals surface area contributed by atoms with Crippen molar-refractivity contribution >= 4 is 39.2 Å². The van der Waals surface area contributed by atoms with Gasteiger partial charge in [-0.2, -0.15) is 0 Å². The van der Waals surface area contributed by atoms with Gasteiger partial charge in [0.2, 0.25) is 0 Å². The molecule has 0 amide bonds. The van der Waals surface area contributed by atoms with Crippen molar-refractivity contribution in [2.75, 3.05) is 11.9 Å². The third kappa shape index (κ3) is 2.97. The molecule has 0 radical (unpaired) electrons. The molecule has 2 aromatic rings. The van der Waals surface area contributed by atoms with Crippen molar-refractivity contribution in [2.45, 2.75) is 13.5 Å². The maximum Gasteiger partial charge on any atom is 0.150 e. The van der Waals surface area contributed by atoms with E-state index in [4.69, 9.17) is 0 Å². The lowest BCUT2D eigenvalue weighted by molar-refractivity contribution is 0.112. The molecule has 2 rings (SSSR count). The topological polar surface area (TPSA) is 33.2 Å². The standard InChI is InChI=1S/C13H13BrN2OS/c1-9-15-11(8-18-9)6-16(2)13-4-3-10(7-17)5-12(13)14/h3-5,7-8H,6H2,1-2H3. The summed E-state index contributed by atoms with van der Waals surface area (Å²) in [6, 6.07) is 5.58. The van der Waals surface area contributed by atoms with E-state index in [9.17, 15) is 4.79 Å². The Morgan fingerprint density at radius 3 is 2.83 bits per heavy atom. The fourth-order valence-corrected chi connectivity index (χ4v) is 3.02. The molecule has 0 bridgehead atoms. The van der Waals surface area contributed by atoms with E-state index in [0.717, 1.165) is 33.7 Å². The van der Waals surface area contributed by atoms with Crippen molar-refractivity contribution in [3.63, 3.8) is 0 Å². The molecule has 94 valence electrons. The Morgan fingerprint density at radius 1 is 1.50 bits per heavy atom. The Morgan fingerprint density at radius 2 is 2.28 bits per heavy atom. The first-order chi connectivity index (χ1) is 8.60. The molecule has 1 aromatic heterocycles. The summed E-state index contributed by atoms with van der Waals surface area (Å²) in [6.07, 6.45) is 0.846. The van der Waals surface area contributed by atoms with Crippen LogP contribution in [0.25, 0.3) is 0 Å². The molecule has 0 saturated carbocycles. The highest BCUT2D eigenvalue weighted by atomic mass is 79.9. The van der Waals surface area contributed by atoms with Crippen LogP contribution < -0.4 is 4.90 Å². The van der Waals surface area contributed by atoms with Crippen LogP contribution in [0, 0.1) is 6.92 Å². The maximum atomic E-state index is 10.7. The van der Waals surface area contributed by atoms with Crippen LogP contribution in [0.3, 0.4) is 0 Å². The highest BCUT2D eigenvalue weighted by molar-refractivity contribution is 9.10. The van der Waals surface area contributed by atoms with Crippen LogP contribution in [-0.2, 0) is 6.54 Å². The lowest BCUT2D eigenvalue weighted by atomic mass is 10.2. The summed E-state index contributed by atoms with van der Waals surface area (Å²) < 4.78 is 0.918. The van der Waals surface area contributed by atoms with Gasteiger partial charge in [0.1, 0.15) is 6.29 Å². The molecule has 3 nitrogen and oxygen atoms in total. The number of hydrogen-bond donors (Lipinski definition) is 0. The minimum absolute atomic E-state index is 0.670. The summed E-state index contributed by atoms with van der Waals surface area (Å²) in [5.74, 6) is 0. The van der Waals surface area contributed by atoms with Gasteiger partial charge in [0.15, 0.2) is 0 Å². The first-order valence-electron chi connectivity index (χ1n) is 5.47. The molecule has 1 heterocycles. The van der Waals surface area contributed by atoms with E-state index in [1.807, 2.05) is 32.2 Å². The number of hydrogen-bond acceptors (Lipinski definition) is 4. The summed E-state index contributed by atoms with van der Waals surface area (Å²) in [6.45, 7) is 2.76. The predicted molar refractivity (Wildman–Crippen MR) is 78.5 cm³/mol. The number of benzene rings is 1. The summed E-state index contributed by atoms with van der Waals surface area (Å²) in [5, 5.41) is 3.15. The van der Waals surface area contributed by atoms with E-state index in [-0.39, 0.29) is 0 Å². The SMILES string of the molecule is Cc1nc(CN(C)c2ccc(C=O)cc2Br)cs1. The van der Waals surface area contributed by atoms with E-state index < -0.39 is 0 Å². The molecule has 0 unspecified atom stereocenters. The van der Waals surface area contributed by atoms with Gasteiger partial charge in [-0.25, -0.2) is 4.98 Å². The molecule has 18 heavy (non-hydrogen) atoms. The monoisotopic (exact) mass is 324 g/mol. The maximum absolute atomic E-state index is 10.7. The van der Waals surface area contributed by atoms with Gasteiger partial charge >= 0.3 is 0 Å². The van der Waals surface area contributed by atoms with Gasteiger partial charge in [0.05, 0.1) is 22.9 Å². The number of rotatable bonds is 4. The summed E-state index contributed by atoms with van der Waals surface area (Å²) in [5.41, 5.74) is 2.78. The molecule has 0 aliphatic heterocycles. The van der Waals surface area contributed by atoms with Crippen LogP contribution >= 0.6 is 27.3 Å². The minimum Gasteiger partial charge on any atom is -0.368 e. The Hall–Kier alpha value is -1.20. The van der Waals surface area contributed by atoms with Gasteiger partial charge in [-0.05, 0) is 41.1 Å². The molecule has 5 heteroatoms. The smallest absolute Gasteiger partial charge is 0.150 e. The van der Waals surface area contributed by atoms with Crippen molar-refractivity contribution in [3.8, 4) is 0 Å². The van der Waals surface area contributed by atoms with E-state index in [0.29, 0.717) is 5.56 Å². The van der Waals surface area contributed by atoms with Crippen molar-refractivity contribution < 1.29 is 4.79 Å². The average Bonchev–Trinajstić information content (AvgIpc) is 2.74. The highest BCUT2D eigenvalue weighted by Gasteiger charge is 2.08. The highest BCUT2D eigenvalue weighted by Crippen LogP contribution is 2.27. The Bertz CT molecular complexity index is 568. The molecular weight excluding hydrogens is 312 g/mol. The molecule has 0 atom stereocenters. The van der Waals surface area contributed by atoms with Crippen molar-refractivity contribution in [2.24, 2.45) is 0 Å². The van der Waals surface area contributed by atoms with Gasteiger partial charge in [-0.1, -0.05) is 0 Å². The molecule has 0 aliphatic rings. The van der Waals surface area contributed by atoms with Crippen molar-refractivity contribution in [3.05, 3.63) is 44.3 Å².